The van der Waals surface area contributed by atoms with Gasteiger partial charge in [0, 0.05) is 15.6 Å². The highest BCUT2D eigenvalue weighted by Crippen LogP contribution is 2.19. The largest absolute Gasteiger partial charge is 0.507 e. The Labute approximate surface area is 151 Å². The number of nitrogens with one attached hydrogen (secondary N) is 1. The number of halogens is 1. The predicted octanol–water partition coefficient (Wildman–Crippen LogP) is 1.96. The van der Waals surface area contributed by atoms with E-state index in [2.05, 4.69) is 41.9 Å². The summed E-state index contributed by atoms with van der Waals surface area (Å²) in [5.41, 5.74) is 3.64. The maximum absolute atomic E-state index is 11.9. The van der Waals surface area contributed by atoms with Crippen molar-refractivity contribution >= 4 is 28.1 Å². The molecular formula is C16H13BrN6O2. The number of hydrogen-bond acceptors (Lipinski definition) is 6. The molecule has 2 N–H and O–H groups in total. The Kier molecular flexibility index (Phi) is 5.14. The number of benzene rings is 2. The predicted molar refractivity (Wildman–Crippen MR) is 94.8 cm³/mol. The number of phenols is 1. The smallest absolute Gasteiger partial charge is 0.263 e. The first-order valence-corrected chi connectivity index (χ1v) is 8.05. The summed E-state index contributed by atoms with van der Waals surface area (Å²) in [6.07, 6.45) is 1.35. The molecule has 126 valence electrons. The van der Waals surface area contributed by atoms with Gasteiger partial charge in [-0.15, -0.1) is 10.2 Å². The maximum Gasteiger partial charge on any atom is 0.263 e. The van der Waals surface area contributed by atoms with Crippen molar-refractivity contribution in [2.75, 3.05) is 0 Å². The standard InChI is InChI=1S/C16H13BrN6O2/c17-13-6-7-14(24)12(8-13)9-18-19-15(25)10-23-21-16(20-22-23)11-4-2-1-3-5-11/h1-9,24H,10H2,(H,19,25)/b18-9+. The lowest BCUT2D eigenvalue weighted by molar-refractivity contribution is -0.122. The van der Waals surface area contributed by atoms with Crippen LogP contribution in [0, 0.1) is 0 Å². The number of tetrazole rings is 1. The van der Waals surface area contributed by atoms with Gasteiger partial charge in [-0.2, -0.15) is 9.90 Å². The zero-order chi connectivity index (χ0) is 17.6. The molecule has 8 nitrogen and oxygen atoms in total. The molecule has 0 aliphatic rings. The highest BCUT2D eigenvalue weighted by Gasteiger charge is 2.08. The van der Waals surface area contributed by atoms with Crippen LogP contribution in [-0.2, 0) is 11.3 Å². The number of aromatic nitrogens is 4. The van der Waals surface area contributed by atoms with Crippen molar-refractivity contribution in [2.45, 2.75) is 6.54 Å². The molecule has 0 saturated carbocycles. The monoisotopic (exact) mass is 400 g/mol. The summed E-state index contributed by atoms with van der Waals surface area (Å²) in [4.78, 5) is 13.1. The van der Waals surface area contributed by atoms with Gasteiger partial charge in [-0.3, -0.25) is 4.79 Å². The fraction of sp³-hybridized carbons (Fsp3) is 0.0625. The number of carbonyl (C=O) groups is 1. The summed E-state index contributed by atoms with van der Waals surface area (Å²) >= 11 is 3.30. The highest BCUT2D eigenvalue weighted by molar-refractivity contribution is 9.10. The lowest BCUT2D eigenvalue weighted by Crippen LogP contribution is -2.24. The molecule has 25 heavy (non-hydrogen) atoms. The minimum Gasteiger partial charge on any atom is -0.507 e. The van der Waals surface area contributed by atoms with Crippen molar-refractivity contribution in [1.29, 1.82) is 0 Å². The Morgan fingerprint density at radius 2 is 2.08 bits per heavy atom. The van der Waals surface area contributed by atoms with Gasteiger partial charge in [0.15, 0.2) is 0 Å². The number of phenolic OH excluding ortho intramolecular Hbond substituents is 1. The van der Waals surface area contributed by atoms with E-state index in [0.29, 0.717) is 11.4 Å². The van der Waals surface area contributed by atoms with E-state index in [1.54, 1.807) is 12.1 Å². The molecule has 9 heteroatoms. The van der Waals surface area contributed by atoms with E-state index >= 15 is 0 Å². The van der Waals surface area contributed by atoms with E-state index in [0.717, 1.165) is 10.0 Å². The minimum atomic E-state index is -0.414. The quantitative estimate of drug-likeness (QED) is 0.502. The van der Waals surface area contributed by atoms with Crippen molar-refractivity contribution in [3.05, 3.63) is 58.6 Å². The van der Waals surface area contributed by atoms with Gasteiger partial charge in [-0.05, 0) is 23.4 Å². The molecule has 0 aliphatic heterocycles. The highest BCUT2D eigenvalue weighted by atomic mass is 79.9. The van der Waals surface area contributed by atoms with Crippen LogP contribution >= 0.6 is 15.9 Å². The molecule has 0 unspecified atom stereocenters. The van der Waals surface area contributed by atoms with Crippen LogP contribution in [-0.4, -0.2) is 37.4 Å². The number of hydrazone groups is 1. The molecule has 0 atom stereocenters. The van der Waals surface area contributed by atoms with E-state index in [9.17, 15) is 9.90 Å². The third kappa shape index (κ3) is 4.48. The van der Waals surface area contributed by atoms with Crippen LogP contribution in [0.15, 0.2) is 58.1 Å². The first-order valence-electron chi connectivity index (χ1n) is 7.25. The second-order valence-corrected chi connectivity index (χ2v) is 5.92. The van der Waals surface area contributed by atoms with Crippen LogP contribution in [0.2, 0.25) is 0 Å². The Bertz CT molecular complexity index is 910. The average Bonchev–Trinajstić information content (AvgIpc) is 3.07. The molecule has 3 rings (SSSR count). The Morgan fingerprint density at radius 3 is 2.88 bits per heavy atom. The van der Waals surface area contributed by atoms with Crippen molar-refractivity contribution in [2.24, 2.45) is 5.10 Å². The topological polar surface area (TPSA) is 105 Å². The van der Waals surface area contributed by atoms with Gasteiger partial charge in [0.25, 0.3) is 5.91 Å². The summed E-state index contributed by atoms with van der Waals surface area (Å²) in [5, 5.41) is 25.4. The molecule has 3 aromatic rings. The van der Waals surface area contributed by atoms with Crippen LogP contribution in [0.1, 0.15) is 5.56 Å². The molecule has 1 aromatic heterocycles. The molecule has 0 aliphatic carbocycles. The molecule has 1 amide bonds. The number of rotatable bonds is 5. The van der Waals surface area contributed by atoms with Crippen molar-refractivity contribution in [3.63, 3.8) is 0 Å². The van der Waals surface area contributed by atoms with Gasteiger partial charge in [-0.25, -0.2) is 5.43 Å². The zero-order valence-electron chi connectivity index (χ0n) is 12.9. The van der Waals surface area contributed by atoms with Crippen LogP contribution in [0.5, 0.6) is 5.75 Å². The van der Waals surface area contributed by atoms with Gasteiger partial charge >= 0.3 is 0 Å². The second-order valence-electron chi connectivity index (χ2n) is 5.01. The van der Waals surface area contributed by atoms with Crippen LogP contribution in [0.3, 0.4) is 0 Å². The fourth-order valence-electron chi connectivity index (χ4n) is 1.98. The third-order valence-electron chi connectivity index (χ3n) is 3.15. The first-order chi connectivity index (χ1) is 12.1. The van der Waals surface area contributed by atoms with Crippen LogP contribution in [0.4, 0.5) is 0 Å². The lowest BCUT2D eigenvalue weighted by Gasteiger charge is -2.00. The normalized spacial score (nSPS) is 10.9. The first kappa shape index (κ1) is 16.8. The molecular weight excluding hydrogens is 388 g/mol. The Balaban J connectivity index is 1.59. The molecule has 0 fully saturated rings. The van der Waals surface area contributed by atoms with E-state index < -0.39 is 5.91 Å². The van der Waals surface area contributed by atoms with E-state index in [-0.39, 0.29) is 12.3 Å². The Hall–Kier alpha value is -3.07. The summed E-state index contributed by atoms with van der Waals surface area (Å²) in [6.45, 7) is -0.123. The van der Waals surface area contributed by atoms with E-state index in [4.69, 9.17) is 0 Å². The van der Waals surface area contributed by atoms with Crippen LogP contribution in [0.25, 0.3) is 11.4 Å². The average molecular weight is 401 g/mol. The zero-order valence-corrected chi connectivity index (χ0v) is 14.5. The number of aromatic hydroxyl groups is 1. The maximum atomic E-state index is 11.9. The summed E-state index contributed by atoms with van der Waals surface area (Å²) in [5.74, 6) is 0.0883. The van der Waals surface area contributed by atoms with Crippen molar-refractivity contribution in [1.82, 2.24) is 25.6 Å². The minimum absolute atomic E-state index is 0.0617. The van der Waals surface area contributed by atoms with Gasteiger partial charge in [-0.1, -0.05) is 46.3 Å². The molecule has 0 bridgehead atoms. The van der Waals surface area contributed by atoms with E-state index in [1.165, 1.54) is 17.1 Å². The summed E-state index contributed by atoms with van der Waals surface area (Å²) < 4.78 is 0.790. The summed E-state index contributed by atoms with van der Waals surface area (Å²) in [6, 6.07) is 14.2. The van der Waals surface area contributed by atoms with Gasteiger partial charge in [0.1, 0.15) is 12.3 Å². The fourth-order valence-corrected chi connectivity index (χ4v) is 2.36. The molecule has 2 aromatic carbocycles. The molecule has 0 saturated heterocycles. The van der Waals surface area contributed by atoms with Crippen molar-refractivity contribution < 1.29 is 9.90 Å². The van der Waals surface area contributed by atoms with E-state index in [1.807, 2.05) is 30.3 Å². The number of hydrogen-bond donors (Lipinski definition) is 2. The SMILES string of the molecule is O=C(Cn1nnc(-c2ccccc2)n1)N/N=C/c1cc(Br)ccc1O. The van der Waals surface area contributed by atoms with Crippen LogP contribution < -0.4 is 5.43 Å². The number of carbonyl (C=O) groups excluding carboxylic acids is 1. The Morgan fingerprint density at radius 1 is 1.28 bits per heavy atom. The molecule has 0 spiro atoms. The van der Waals surface area contributed by atoms with Gasteiger partial charge in [0.05, 0.1) is 6.21 Å². The molecule has 1 heterocycles. The number of nitrogens with zero attached hydrogens (tertiary/aromatic N) is 5. The third-order valence-corrected chi connectivity index (χ3v) is 3.65. The van der Waals surface area contributed by atoms with Crippen molar-refractivity contribution in [3.8, 4) is 17.1 Å². The lowest BCUT2D eigenvalue weighted by atomic mass is 10.2. The number of amides is 1. The molecule has 0 radical (unpaired) electrons. The van der Waals surface area contributed by atoms with Gasteiger partial charge in [0.2, 0.25) is 5.82 Å². The van der Waals surface area contributed by atoms with Gasteiger partial charge < -0.3 is 5.11 Å². The summed E-state index contributed by atoms with van der Waals surface area (Å²) in [7, 11) is 0. The second kappa shape index (κ2) is 7.67.